The average molecular weight is 183 g/mol. The maximum Gasteiger partial charge on any atom is 0.175 e. The fourth-order valence-corrected chi connectivity index (χ4v) is 0.894. The second kappa shape index (κ2) is 3.97. The Hall–Kier alpha value is -1.47. The number of rotatable bonds is 2. The van der Waals surface area contributed by atoms with Crippen LogP contribution < -0.4 is 0 Å². The molecule has 2 nitrogen and oxygen atoms in total. The van der Waals surface area contributed by atoms with Crippen molar-refractivity contribution >= 4 is 0 Å². The lowest BCUT2D eigenvalue weighted by Gasteiger charge is -2.08. The fraction of sp³-hybridized carbons (Fsp3) is 0.222. The van der Waals surface area contributed by atoms with E-state index in [0.29, 0.717) is 0 Å². The zero-order chi connectivity index (χ0) is 9.84. The molecule has 1 aromatic carbocycles. The number of benzene rings is 1. The first kappa shape index (κ1) is 9.62. The van der Waals surface area contributed by atoms with Crippen molar-refractivity contribution in [2.75, 3.05) is 0 Å². The predicted molar refractivity (Wildman–Crippen MR) is 41.9 cm³/mol. The number of aliphatic hydroxyl groups is 1. The summed E-state index contributed by atoms with van der Waals surface area (Å²) in [6.45, 7) is 0. The van der Waals surface area contributed by atoms with E-state index in [2.05, 4.69) is 0 Å². The third kappa shape index (κ3) is 2.23. The highest BCUT2D eigenvalue weighted by Gasteiger charge is 2.19. The second-order valence-electron chi connectivity index (χ2n) is 2.53. The Kier molecular flexibility index (Phi) is 2.93. The highest BCUT2D eigenvalue weighted by Crippen LogP contribution is 2.20. The van der Waals surface area contributed by atoms with E-state index in [1.807, 2.05) is 0 Å². The number of hydrogen-bond donors (Lipinski definition) is 1. The fourth-order valence-electron chi connectivity index (χ4n) is 0.894. The molecule has 0 aromatic heterocycles. The minimum Gasteiger partial charge on any atom is -0.375 e. The first-order valence-electron chi connectivity index (χ1n) is 3.62. The lowest BCUT2D eigenvalue weighted by molar-refractivity contribution is 0.122. The van der Waals surface area contributed by atoms with Crippen LogP contribution in [0.2, 0.25) is 0 Å². The van der Waals surface area contributed by atoms with E-state index in [1.165, 1.54) is 18.2 Å². The summed E-state index contributed by atoms with van der Waals surface area (Å²) in [5.74, 6) is -0.484. The van der Waals surface area contributed by atoms with Gasteiger partial charge in [0.2, 0.25) is 0 Å². The van der Waals surface area contributed by atoms with E-state index < -0.39 is 18.1 Å². The van der Waals surface area contributed by atoms with Gasteiger partial charge in [0.25, 0.3) is 0 Å². The van der Waals surface area contributed by atoms with Crippen LogP contribution in [0, 0.1) is 17.1 Å². The van der Waals surface area contributed by atoms with E-state index in [0.717, 1.165) is 12.1 Å². The van der Waals surface area contributed by atoms with E-state index in [-0.39, 0.29) is 5.56 Å². The molecule has 2 atom stereocenters. The molecular formula is C9H7F2NO. The molecule has 0 amide bonds. The normalized spacial score (nSPS) is 14.6. The van der Waals surface area contributed by atoms with E-state index >= 15 is 0 Å². The molecular weight excluding hydrogens is 176 g/mol. The Morgan fingerprint density at radius 2 is 1.85 bits per heavy atom. The molecule has 13 heavy (non-hydrogen) atoms. The topological polar surface area (TPSA) is 44.0 Å². The molecule has 0 aliphatic heterocycles. The minimum absolute atomic E-state index is 0.0930. The van der Waals surface area contributed by atoms with Crippen molar-refractivity contribution in [3.05, 3.63) is 35.6 Å². The molecule has 0 fully saturated rings. The van der Waals surface area contributed by atoms with Crippen LogP contribution >= 0.6 is 0 Å². The number of halogens is 2. The quantitative estimate of drug-likeness (QED) is 0.709. The molecule has 0 saturated heterocycles. The van der Waals surface area contributed by atoms with Crippen LogP contribution in [-0.2, 0) is 0 Å². The van der Waals surface area contributed by atoms with Gasteiger partial charge < -0.3 is 5.11 Å². The largest absolute Gasteiger partial charge is 0.375 e. The van der Waals surface area contributed by atoms with Crippen molar-refractivity contribution in [2.45, 2.75) is 12.3 Å². The number of alkyl halides is 1. The third-order valence-electron chi connectivity index (χ3n) is 1.60. The highest BCUT2D eigenvalue weighted by molar-refractivity contribution is 5.21. The zero-order valence-electron chi connectivity index (χ0n) is 6.61. The maximum absolute atomic E-state index is 13.1. The van der Waals surface area contributed by atoms with Gasteiger partial charge in [0.1, 0.15) is 5.82 Å². The van der Waals surface area contributed by atoms with Gasteiger partial charge in [0.05, 0.1) is 6.07 Å². The van der Waals surface area contributed by atoms with Crippen LogP contribution in [0.3, 0.4) is 0 Å². The molecule has 0 heterocycles. The summed E-state index contributed by atoms with van der Waals surface area (Å²) in [6, 6.07) is 5.91. The monoisotopic (exact) mass is 183 g/mol. The Balaban J connectivity index is 2.84. The van der Waals surface area contributed by atoms with Gasteiger partial charge >= 0.3 is 0 Å². The second-order valence-corrected chi connectivity index (χ2v) is 2.53. The number of hydrogen-bond acceptors (Lipinski definition) is 2. The van der Waals surface area contributed by atoms with Gasteiger partial charge in [-0.3, -0.25) is 0 Å². The lowest BCUT2D eigenvalue weighted by atomic mass is 10.1. The van der Waals surface area contributed by atoms with E-state index in [4.69, 9.17) is 10.4 Å². The summed E-state index contributed by atoms with van der Waals surface area (Å²) in [6.07, 6.45) is -3.49. The Bertz CT molecular complexity index is 317. The number of aliphatic hydroxyl groups excluding tert-OH is 1. The smallest absolute Gasteiger partial charge is 0.175 e. The lowest BCUT2D eigenvalue weighted by Crippen LogP contribution is -2.11. The SMILES string of the molecule is N#C[C@@H](O)[C@@H](F)c1ccc(F)cc1. The van der Waals surface area contributed by atoms with Crippen LogP contribution in [0.25, 0.3) is 0 Å². The molecule has 0 saturated carbocycles. The molecule has 0 aliphatic rings. The molecule has 0 spiro atoms. The number of nitrogens with zero attached hydrogens (tertiary/aromatic N) is 1. The van der Waals surface area contributed by atoms with Gasteiger partial charge in [-0.25, -0.2) is 8.78 Å². The minimum atomic E-state index is -1.79. The van der Waals surface area contributed by atoms with Gasteiger partial charge in [-0.2, -0.15) is 5.26 Å². The summed E-state index contributed by atoms with van der Waals surface area (Å²) >= 11 is 0. The van der Waals surface area contributed by atoms with Crippen LogP contribution in [0.4, 0.5) is 8.78 Å². The molecule has 68 valence electrons. The maximum atomic E-state index is 13.1. The van der Waals surface area contributed by atoms with Crippen LogP contribution in [0.15, 0.2) is 24.3 Å². The molecule has 0 bridgehead atoms. The van der Waals surface area contributed by atoms with Gasteiger partial charge in [0.15, 0.2) is 12.3 Å². The van der Waals surface area contributed by atoms with Crippen LogP contribution in [0.1, 0.15) is 11.7 Å². The molecule has 0 radical (unpaired) electrons. The Morgan fingerprint density at radius 3 is 2.31 bits per heavy atom. The first-order chi connectivity index (χ1) is 6.15. The predicted octanol–water partition coefficient (Wildman–Crippen LogP) is 1.72. The Morgan fingerprint density at radius 1 is 1.31 bits per heavy atom. The summed E-state index contributed by atoms with van der Waals surface area (Å²) in [5.41, 5.74) is 0.0930. The molecule has 0 aliphatic carbocycles. The Labute approximate surface area is 74.0 Å². The summed E-state index contributed by atoms with van der Waals surface area (Å²) < 4.78 is 25.4. The number of nitriles is 1. The molecule has 0 unspecified atom stereocenters. The van der Waals surface area contributed by atoms with Crippen molar-refractivity contribution < 1.29 is 13.9 Å². The van der Waals surface area contributed by atoms with Gasteiger partial charge in [0, 0.05) is 0 Å². The molecule has 1 rings (SSSR count). The molecule has 4 heteroatoms. The molecule has 1 N–H and O–H groups in total. The summed E-state index contributed by atoms with van der Waals surface area (Å²) in [4.78, 5) is 0. The van der Waals surface area contributed by atoms with Crippen molar-refractivity contribution in [3.8, 4) is 6.07 Å². The summed E-state index contributed by atoms with van der Waals surface area (Å²) in [7, 11) is 0. The average Bonchev–Trinajstić information content (AvgIpc) is 2.17. The van der Waals surface area contributed by atoms with Gasteiger partial charge in [-0.15, -0.1) is 0 Å². The van der Waals surface area contributed by atoms with Gasteiger partial charge in [-0.1, -0.05) is 12.1 Å². The molecule has 1 aromatic rings. The standard InChI is InChI=1S/C9H7F2NO/c10-7-3-1-6(2-4-7)9(11)8(13)5-12/h1-4,8-9,13H/t8-,9+/m1/s1. The van der Waals surface area contributed by atoms with Crippen LogP contribution in [0.5, 0.6) is 0 Å². The van der Waals surface area contributed by atoms with E-state index in [9.17, 15) is 8.78 Å². The van der Waals surface area contributed by atoms with Crippen molar-refractivity contribution in [1.29, 1.82) is 5.26 Å². The van der Waals surface area contributed by atoms with E-state index in [1.54, 1.807) is 0 Å². The first-order valence-corrected chi connectivity index (χ1v) is 3.62. The third-order valence-corrected chi connectivity index (χ3v) is 1.60. The van der Waals surface area contributed by atoms with Crippen molar-refractivity contribution in [1.82, 2.24) is 0 Å². The van der Waals surface area contributed by atoms with Crippen molar-refractivity contribution in [2.24, 2.45) is 0 Å². The zero-order valence-corrected chi connectivity index (χ0v) is 6.61. The summed E-state index contributed by atoms with van der Waals surface area (Å²) in [5, 5.41) is 17.0. The van der Waals surface area contributed by atoms with Gasteiger partial charge in [-0.05, 0) is 17.7 Å². The van der Waals surface area contributed by atoms with Crippen molar-refractivity contribution in [3.63, 3.8) is 0 Å². The highest BCUT2D eigenvalue weighted by atomic mass is 19.1. The van der Waals surface area contributed by atoms with Crippen LogP contribution in [-0.4, -0.2) is 11.2 Å².